The third-order valence-electron chi connectivity index (χ3n) is 4.75. The van der Waals surface area contributed by atoms with E-state index < -0.39 is 0 Å². The van der Waals surface area contributed by atoms with Crippen LogP contribution in [-0.2, 0) is 0 Å². The lowest BCUT2D eigenvalue weighted by Crippen LogP contribution is -2.10. The molecule has 0 atom stereocenters. The van der Waals surface area contributed by atoms with Gasteiger partial charge in [0.1, 0.15) is 0 Å². The monoisotopic (exact) mass is 364 g/mol. The molecule has 0 aromatic heterocycles. The highest BCUT2D eigenvalue weighted by Crippen LogP contribution is 2.36. The number of aryl methyl sites for hydroxylation is 2. The van der Waals surface area contributed by atoms with Crippen molar-refractivity contribution in [1.82, 2.24) is 0 Å². The van der Waals surface area contributed by atoms with Crippen molar-refractivity contribution >= 4 is 28.4 Å². The van der Waals surface area contributed by atoms with E-state index in [1.165, 1.54) is 11.1 Å². The number of hydrogen-bond acceptors (Lipinski definition) is 2. The Hall–Kier alpha value is -3.52. The summed E-state index contributed by atoms with van der Waals surface area (Å²) in [6.07, 6.45) is 0. The molecule has 0 saturated carbocycles. The first-order chi connectivity index (χ1) is 13.7. The SMILES string of the molecule is Cc1ccc(N(c2ccc(C)cc2)c2cccc(Nc3ccccc3)c2)cc1. The van der Waals surface area contributed by atoms with Crippen LogP contribution in [0.25, 0.3) is 0 Å². The van der Waals surface area contributed by atoms with E-state index in [9.17, 15) is 0 Å². The summed E-state index contributed by atoms with van der Waals surface area (Å²) < 4.78 is 0. The van der Waals surface area contributed by atoms with Gasteiger partial charge in [-0.1, -0.05) is 59.7 Å². The highest BCUT2D eigenvalue weighted by atomic mass is 15.1. The van der Waals surface area contributed by atoms with E-state index in [0.717, 1.165) is 28.4 Å². The second-order valence-corrected chi connectivity index (χ2v) is 7.05. The summed E-state index contributed by atoms with van der Waals surface area (Å²) >= 11 is 0. The van der Waals surface area contributed by atoms with Gasteiger partial charge in [0, 0.05) is 28.4 Å². The molecule has 2 nitrogen and oxygen atoms in total. The number of rotatable bonds is 5. The average molecular weight is 364 g/mol. The molecular weight excluding hydrogens is 340 g/mol. The molecule has 0 fully saturated rings. The van der Waals surface area contributed by atoms with E-state index in [2.05, 4.69) is 109 Å². The normalized spacial score (nSPS) is 10.5. The molecule has 2 heteroatoms. The summed E-state index contributed by atoms with van der Waals surface area (Å²) in [5, 5.41) is 3.49. The number of para-hydroxylation sites is 1. The number of anilines is 5. The molecule has 4 aromatic rings. The Kier molecular flexibility index (Phi) is 5.11. The van der Waals surface area contributed by atoms with Gasteiger partial charge >= 0.3 is 0 Å². The summed E-state index contributed by atoms with van der Waals surface area (Å²) in [6.45, 7) is 4.23. The van der Waals surface area contributed by atoms with Crippen molar-refractivity contribution in [3.63, 3.8) is 0 Å². The third-order valence-corrected chi connectivity index (χ3v) is 4.75. The molecule has 0 bridgehead atoms. The van der Waals surface area contributed by atoms with Crippen molar-refractivity contribution in [2.45, 2.75) is 13.8 Å². The standard InChI is InChI=1S/C26H24N2/c1-20-11-15-24(16-12-20)28(25-17-13-21(2)14-18-25)26-10-6-9-23(19-26)27-22-7-4-3-5-8-22/h3-19,27H,1-2H3. The second kappa shape index (κ2) is 8.01. The van der Waals surface area contributed by atoms with Crippen LogP contribution in [0.15, 0.2) is 103 Å². The molecule has 4 aromatic carbocycles. The summed E-state index contributed by atoms with van der Waals surface area (Å²) in [4.78, 5) is 2.29. The minimum Gasteiger partial charge on any atom is -0.355 e. The zero-order valence-electron chi connectivity index (χ0n) is 16.3. The van der Waals surface area contributed by atoms with Gasteiger partial charge in [-0.3, -0.25) is 0 Å². The summed E-state index contributed by atoms with van der Waals surface area (Å²) in [5.41, 5.74) is 8.07. The molecule has 0 saturated heterocycles. The van der Waals surface area contributed by atoms with Gasteiger partial charge in [-0.05, 0) is 68.4 Å². The Labute approximate surface area is 167 Å². The van der Waals surface area contributed by atoms with Crippen molar-refractivity contribution in [2.24, 2.45) is 0 Å². The first-order valence-electron chi connectivity index (χ1n) is 9.55. The minimum atomic E-state index is 1.06. The molecule has 0 heterocycles. The van der Waals surface area contributed by atoms with E-state index in [0.29, 0.717) is 0 Å². The van der Waals surface area contributed by atoms with Gasteiger partial charge in [0.05, 0.1) is 0 Å². The Morgan fingerprint density at radius 3 is 1.61 bits per heavy atom. The van der Waals surface area contributed by atoms with Crippen LogP contribution in [0.2, 0.25) is 0 Å². The van der Waals surface area contributed by atoms with Crippen LogP contribution >= 0.6 is 0 Å². The number of hydrogen-bond donors (Lipinski definition) is 1. The smallest absolute Gasteiger partial charge is 0.0482 e. The van der Waals surface area contributed by atoms with E-state index in [1.54, 1.807) is 0 Å². The van der Waals surface area contributed by atoms with Crippen LogP contribution in [-0.4, -0.2) is 0 Å². The summed E-state index contributed by atoms with van der Waals surface area (Å²) in [5.74, 6) is 0. The van der Waals surface area contributed by atoms with E-state index in [-0.39, 0.29) is 0 Å². The molecule has 4 rings (SSSR count). The lowest BCUT2D eigenvalue weighted by molar-refractivity contribution is 1.27. The molecule has 28 heavy (non-hydrogen) atoms. The summed E-state index contributed by atoms with van der Waals surface area (Å²) in [6, 6.07) is 36.1. The zero-order chi connectivity index (χ0) is 19.3. The Morgan fingerprint density at radius 1 is 0.500 bits per heavy atom. The van der Waals surface area contributed by atoms with Crippen LogP contribution in [0, 0.1) is 13.8 Å². The molecule has 0 spiro atoms. The Bertz CT molecular complexity index is 990. The van der Waals surface area contributed by atoms with Crippen molar-refractivity contribution in [2.75, 3.05) is 10.2 Å². The van der Waals surface area contributed by atoms with Crippen LogP contribution < -0.4 is 10.2 Å². The minimum absolute atomic E-state index is 1.06. The Balaban J connectivity index is 1.75. The molecule has 0 unspecified atom stereocenters. The van der Waals surface area contributed by atoms with E-state index in [4.69, 9.17) is 0 Å². The largest absolute Gasteiger partial charge is 0.355 e. The van der Waals surface area contributed by atoms with E-state index >= 15 is 0 Å². The maximum atomic E-state index is 3.49. The number of nitrogens with zero attached hydrogens (tertiary/aromatic N) is 1. The van der Waals surface area contributed by atoms with E-state index in [1.807, 2.05) is 18.2 Å². The first-order valence-corrected chi connectivity index (χ1v) is 9.55. The van der Waals surface area contributed by atoms with Gasteiger partial charge in [-0.25, -0.2) is 0 Å². The lowest BCUT2D eigenvalue weighted by Gasteiger charge is -2.26. The third kappa shape index (κ3) is 4.07. The fourth-order valence-electron chi connectivity index (χ4n) is 3.25. The van der Waals surface area contributed by atoms with Gasteiger partial charge in [-0.2, -0.15) is 0 Å². The molecule has 1 N–H and O–H groups in total. The number of benzene rings is 4. The van der Waals surface area contributed by atoms with Crippen molar-refractivity contribution in [3.05, 3.63) is 114 Å². The average Bonchev–Trinajstić information content (AvgIpc) is 2.72. The molecule has 0 aliphatic rings. The van der Waals surface area contributed by atoms with Crippen LogP contribution in [0.3, 0.4) is 0 Å². The van der Waals surface area contributed by atoms with Crippen LogP contribution in [0.4, 0.5) is 28.4 Å². The molecule has 0 aliphatic carbocycles. The van der Waals surface area contributed by atoms with Gasteiger partial charge in [0.15, 0.2) is 0 Å². The van der Waals surface area contributed by atoms with Crippen molar-refractivity contribution in [3.8, 4) is 0 Å². The fraction of sp³-hybridized carbons (Fsp3) is 0.0769. The maximum absolute atomic E-state index is 3.49. The predicted molar refractivity (Wildman–Crippen MR) is 120 cm³/mol. The zero-order valence-corrected chi connectivity index (χ0v) is 16.3. The lowest BCUT2D eigenvalue weighted by atomic mass is 10.1. The highest BCUT2D eigenvalue weighted by Gasteiger charge is 2.12. The van der Waals surface area contributed by atoms with Gasteiger partial charge in [0.2, 0.25) is 0 Å². The van der Waals surface area contributed by atoms with Gasteiger partial charge in [-0.15, -0.1) is 0 Å². The first kappa shape index (κ1) is 17.9. The van der Waals surface area contributed by atoms with Crippen molar-refractivity contribution in [1.29, 1.82) is 0 Å². The molecule has 0 amide bonds. The molecule has 138 valence electrons. The highest BCUT2D eigenvalue weighted by molar-refractivity contribution is 5.79. The second-order valence-electron chi connectivity index (χ2n) is 7.05. The van der Waals surface area contributed by atoms with Crippen LogP contribution in [0.1, 0.15) is 11.1 Å². The van der Waals surface area contributed by atoms with Crippen LogP contribution in [0.5, 0.6) is 0 Å². The number of nitrogens with one attached hydrogen (secondary N) is 1. The fourth-order valence-corrected chi connectivity index (χ4v) is 3.25. The molecule has 0 radical (unpaired) electrons. The Morgan fingerprint density at radius 2 is 1.04 bits per heavy atom. The predicted octanol–water partition coefficient (Wildman–Crippen LogP) is 7.52. The quantitative estimate of drug-likeness (QED) is 0.394. The van der Waals surface area contributed by atoms with Gasteiger partial charge in [0.25, 0.3) is 0 Å². The molecule has 0 aliphatic heterocycles. The maximum Gasteiger partial charge on any atom is 0.0482 e. The van der Waals surface area contributed by atoms with Gasteiger partial charge < -0.3 is 10.2 Å². The summed E-state index contributed by atoms with van der Waals surface area (Å²) in [7, 11) is 0. The topological polar surface area (TPSA) is 15.3 Å². The molecular formula is C26H24N2. The van der Waals surface area contributed by atoms with Crippen molar-refractivity contribution < 1.29 is 0 Å².